The molecule has 1 N–H and O–H groups in total. The van der Waals surface area contributed by atoms with Crippen molar-refractivity contribution in [3.8, 4) is 0 Å². The summed E-state index contributed by atoms with van der Waals surface area (Å²) < 4.78 is 14.3. The zero-order chi connectivity index (χ0) is 15.6. The molecule has 1 heterocycles. The molecule has 0 amide bonds. The molecular formula is C12H6BrFN2O4S. The van der Waals surface area contributed by atoms with Gasteiger partial charge < -0.3 is 5.11 Å². The number of rotatable bonds is 4. The van der Waals surface area contributed by atoms with Crippen molar-refractivity contribution in [2.45, 2.75) is 9.92 Å². The third-order valence-electron chi connectivity index (χ3n) is 2.41. The molecule has 21 heavy (non-hydrogen) atoms. The molecule has 0 unspecified atom stereocenters. The van der Waals surface area contributed by atoms with Gasteiger partial charge >= 0.3 is 5.97 Å². The van der Waals surface area contributed by atoms with Gasteiger partial charge in [-0.3, -0.25) is 10.1 Å². The minimum absolute atomic E-state index is 0.0260. The molecule has 1 aromatic carbocycles. The molecule has 2 aromatic rings. The zero-order valence-electron chi connectivity index (χ0n) is 10.1. The molecule has 0 radical (unpaired) electrons. The first-order valence-electron chi connectivity index (χ1n) is 5.39. The number of carboxylic acid groups (broad SMARTS) is 1. The van der Waals surface area contributed by atoms with Gasteiger partial charge in [-0.05, 0) is 34.1 Å². The number of hydrogen-bond donors (Lipinski definition) is 1. The van der Waals surface area contributed by atoms with Crippen LogP contribution in [0.2, 0.25) is 0 Å². The molecule has 0 spiro atoms. The van der Waals surface area contributed by atoms with E-state index < -0.39 is 28.0 Å². The van der Waals surface area contributed by atoms with Gasteiger partial charge in [0.25, 0.3) is 5.69 Å². The number of halogens is 2. The summed E-state index contributed by atoms with van der Waals surface area (Å²) in [5.74, 6) is -2.60. The highest BCUT2D eigenvalue weighted by molar-refractivity contribution is 9.10. The molecule has 0 saturated heterocycles. The molecule has 1 aromatic heterocycles. The van der Waals surface area contributed by atoms with Gasteiger partial charge in [0.15, 0.2) is 0 Å². The van der Waals surface area contributed by atoms with Crippen molar-refractivity contribution < 1.29 is 19.2 Å². The number of nitro benzene ring substituents is 1. The van der Waals surface area contributed by atoms with Crippen LogP contribution in [0.1, 0.15) is 10.4 Å². The minimum atomic E-state index is -1.56. The van der Waals surface area contributed by atoms with Gasteiger partial charge in [-0.1, -0.05) is 11.8 Å². The lowest BCUT2D eigenvalue weighted by atomic mass is 10.2. The molecule has 0 fully saturated rings. The average Bonchev–Trinajstić information content (AvgIpc) is 2.40. The van der Waals surface area contributed by atoms with Crippen LogP contribution in [0.5, 0.6) is 0 Å². The summed E-state index contributed by atoms with van der Waals surface area (Å²) in [6.07, 6.45) is 1.49. The van der Waals surface area contributed by atoms with Gasteiger partial charge in [0.05, 0.1) is 14.3 Å². The molecular weight excluding hydrogens is 367 g/mol. The molecule has 0 aliphatic heterocycles. The topological polar surface area (TPSA) is 93.3 Å². The van der Waals surface area contributed by atoms with E-state index in [0.29, 0.717) is 15.6 Å². The number of aromatic nitrogens is 1. The van der Waals surface area contributed by atoms with E-state index in [1.807, 2.05) is 0 Å². The van der Waals surface area contributed by atoms with Crippen LogP contribution < -0.4 is 0 Å². The van der Waals surface area contributed by atoms with Crippen molar-refractivity contribution >= 4 is 39.3 Å². The number of carboxylic acids is 1. The van der Waals surface area contributed by atoms with Crippen molar-refractivity contribution in [2.75, 3.05) is 0 Å². The second-order valence-electron chi connectivity index (χ2n) is 3.75. The fourth-order valence-electron chi connectivity index (χ4n) is 1.48. The lowest BCUT2D eigenvalue weighted by molar-refractivity contribution is -0.387. The first kappa shape index (κ1) is 15.4. The Morgan fingerprint density at radius 2 is 2.19 bits per heavy atom. The number of nitro groups is 1. The van der Waals surface area contributed by atoms with Crippen LogP contribution in [-0.4, -0.2) is 21.0 Å². The molecule has 2 rings (SSSR count). The summed E-state index contributed by atoms with van der Waals surface area (Å²) in [6.45, 7) is 0. The van der Waals surface area contributed by atoms with E-state index in [1.54, 1.807) is 12.1 Å². The first-order chi connectivity index (χ1) is 9.90. The predicted octanol–water partition coefficient (Wildman–Crippen LogP) is 3.74. The predicted molar refractivity (Wildman–Crippen MR) is 76.1 cm³/mol. The van der Waals surface area contributed by atoms with Crippen molar-refractivity contribution in [1.29, 1.82) is 0 Å². The quantitative estimate of drug-likeness (QED) is 0.648. The van der Waals surface area contributed by atoms with Gasteiger partial charge in [-0.15, -0.1) is 0 Å². The third-order valence-corrected chi connectivity index (χ3v) is 4.38. The molecule has 0 atom stereocenters. The average molecular weight is 373 g/mol. The Morgan fingerprint density at radius 3 is 2.76 bits per heavy atom. The van der Waals surface area contributed by atoms with Crippen LogP contribution in [-0.2, 0) is 0 Å². The van der Waals surface area contributed by atoms with Crippen molar-refractivity contribution in [3.05, 3.63) is 56.4 Å². The normalized spacial score (nSPS) is 10.4. The van der Waals surface area contributed by atoms with Gasteiger partial charge in [0, 0.05) is 12.3 Å². The van der Waals surface area contributed by atoms with Crippen LogP contribution in [0, 0.1) is 15.9 Å². The molecule has 0 aliphatic rings. The van der Waals surface area contributed by atoms with Crippen LogP contribution in [0.4, 0.5) is 10.1 Å². The maximum absolute atomic E-state index is 13.7. The Bertz CT molecular complexity index is 741. The Kier molecular flexibility index (Phi) is 4.53. The van der Waals surface area contributed by atoms with Crippen molar-refractivity contribution in [2.24, 2.45) is 0 Å². The van der Waals surface area contributed by atoms with Crippen LogP contribution in [0.25, 0.3) is 0 Å². The number of pyridine rings is 1. The Labute approximate surface area is 130 Å². The lowest BCUT2D eigenvalue weighted by Gasteiger charge is -2.06. The monoisotopic (exact) mass is 372 g/mol. The molecule has 0 bridgehead atoms. The molecule has 108 valence electrons. The maximum Gasteiger partial charge on any atom is 0.338 e. The lowest BCUT2D eigenvalue weighted by Crippen LogP contribution is -2.03. The number of aromatic carboxylic acids is 1. The van der Waals surface area contributed by atoms with Crippen molar-refractivity contribution in [1.82, 2.24) is 4.98 Å². The van der Waals surface area contributed by atoms with Crippen LogP contribution in [0.3, 0.4) is 0 Å². The second kappa shape index (κ2) is 6.19. The summed E-state index contributed by atoms with van der Waals surface area (Å²) in [5.41, 5.74) is -1.23. The standard InChI is InChI=1S/C12H6BrFN2O4S/c13-7-2-1-3-15-11(7)21-10-5-8(14)6(12(17)18)4-9(10)16(19)20/h1-5H,(H,17,18). The van der Waals surface area contributed by atoms with E-state index in [2.05, 4.69) is 20.9 Å². The summed E-state index contributed by atoms with van der Waals surface area (Å²) in [7, 11) is 0. The maximum atomic E-state index is 13.7. The van der Waals surface area contributed by atoms with Gasteiger partial charge in [0.1, 0.15) is 16.4 Å². The zero-order valence-corrected chi connectivity index (χ0v) is 12.5. The largest absolute Gasteiger partial charge is 0.478 e. The highest BCUT2D eigenvalue weighted by atomic mass is 79.9. The SMILES string of the molecule is O=C(O)c1cc([N+](=O)[O-])c(Sc2ncccc2Br)cc1F. The first-order valence-corrected chi connectivity index (χ1v) is 7.00. The molecule has 6 nitrogen and oxygen atoms in total. The van der Waals surface area contributed by atoms with Gasteiger partial charge in [-0.25, -0.2) is 14.2 Å². The summed E-state index contributed by atoms with van der Waals surface area (Å²) >= 11 is 4.10. The number of hydrogen-bond acceptors (Lipinski definition) is 5. The molecule has 0 aliphatic carbocycles. The van der Waals surface area contributed by atoms with E-state index in [1.165, 1.54) is 6.20 Å². The van der Waals surface area contributed by atoms with E-state index in [-0.39, 0.29) is 4.90 Å². The van der Waals surface area contributed by atoms with Crippen LogP contribution >= 0.6 is 27.7 Å². The van der Waals surface area contributed by atoms with Crippen LogP contribution in [0.15, 0.2) is 44.9 Å². The van der Waals surface area contributed by atoms with Gasteiger partial charge in [0.2, 0.25) is 0 Å². The highest BCUT2D eigenvalue weighted by Crippen LogP contribution is 2.38. The summed E-state index contributed by atoms with van der Waals surface area (Å²) in [4.78, 5) is 25.1. The highest BCUT2D eigenvalue weighted by Gasteiger charge is 2.23. The fraction of sp³-hybridized carbons (Fsp3) is 0. The Morgan fingerprint density at radius 1 is 1.48 bits per heavy atom. The van der Waals surface area contributed by atoms with E-state index in [0.717, 1.165) is 17.8 Å². The number of benzene rings is 1. The molecule has 9 heteroatoms. The number of carbonyl (C=O) groups is 1. The van der Waals surface area contributed by atoms with Gasteiger partial charge in [-0.2, -0.15) is 0 Å². The minimum Gasteiger partial charge on any atom is -0.478 e. The summed E-state index contributed by atoms with van der Waals surface area (Å²) in [5, 5.41) is 20.2. The smallest absolute Gasteiger partial charge is 0.338 e. The van der Waals surface area contributed by atoms with E-state index >= 15 is 0 Å². The number of nitrogens with zero attached hydrogens (tertiary/aromatic N) is 2. The Balaban J connectivity index is 2.53. The van der Waals surface area contributed by atoms with E-state index in [4.69, 9.17) is 5.11 Å². The van der Waals surface area contributed by atoms with Crippen molar-refractivity contribution in [3.63, 3.8) is 0 Å². The fourth-order valence-corrected chi connectivity index (χ4v) is 2.87. The van der Waals surface area contributed by atoms with E-state index in [9.17, 15) is 19.3 Å². The third kappa shape index (κ3) is 3.37. The second-order valence-corrected chi connectivity index (χ2v) is 5.64. The summed E-state index contributed by atoms with van der Waals surface area (Å²) in [6, 6.07) is 4.88. The Hall–Kier alpha value is -2.00. The molecule has 0 saturated carbocycles.